The van der Waals surface area contributed by atoms with Gasteiger partial charge in [0, 0.05) is 0 Å². The summed E-state index contributed by atoms with van der Waals surface area (Å²) in [5.41, 5.74) is 0. The van der Waals surface area contributed by atoms with Crippen LogP contribution in [0.3, 0.4) is 0 Å². The fourth-order valence-electron chi connectivity index (χ4n) is 0.562. The van der Waals surface area contributed by atoms with Crippen molar-refractivity contribution in [1.29, 1.82) is 0 Å². The van der Waals surface area contributed by atoms with Gasteiger partial charge in [0.1, 0.15) is 15.3 Å². The van der Waals surface area contributed by atoms with Gasteiger partial charge in [0.25, 0.3) is 0 Å². The standard InChI is InChI=1S/C5H5Cl2NOS2/c1-8-11(9)3-2-4(6)10-5(3)7/h2,8H,1H3. The van der Waals surface area contributed by atoms with Gasteiger partial charge in [0.05, 0.1) is 9.23 Å². The van der Waals surface area contributed by atoms with E-state index in [9.17, 15) is 4.21 Å². The van der Waals surface area contributed by atoms with Crippen molar-refractivity contribution < 1.29 is 4.21 Å². The van der Waals surface area contributed by atoms with Crippen LogP contribution in [0.15, 0.2) is 11.0 Å². The predicted molar refractivity (Wildman–Crippen MR) is 49.8 cm³/mol. The van der Waals surface area contributed by atoms with E-state index >= 15 is 0 Å². The average Bonchev–Trinajstić information content (AvgIpc) is 2.28. The summed E-state index contributed by atoms with van der Waals surface area (Å²) in [4.78, 5) is 0.546. The lowest BCUT2D eigenvalue weighted by Gasteiger charge is -1.94. The van der Waals surface area contributed by atoms with Gasteiger partial charge in [-0.15, -0.1) is 11.3 Å². The van der Waals surface area contributed by atoms with Gasteiger partial charge in [-0.25, -0.2) is 8.93 Å². The number of hydrogen-bond acceptors (Lipinski definition) is 2. The molecular formula is C5H5Cl2NOS2. The molecule has 6 heteroatoms. The maximum absolute atomic E-state index is 11.1. The third kappa shape index (κ3) is 2.16. The highest BCUT2D eigenvalue weighted by Gasteiger charge is 2.10. The highest BCUT2D eigenvalue weighted by molar-refractivity contribution is 7.83. The van der Waals surface area contributed by atoms with Crippen LogP contribution >= 0.6 is 34.5 Å². The van der Waals surface area contributed by atoms with Crippen molar-refractivity contribution in [2.45, 2.75) is 4.90 Å². The smallest absolute Gasteiger partial charge is 0.127 e. The Labute approximate surface area is 81.1 Å². The van der Waals surface area contributed by atoms with Gasteiger partial charge in [-0.3, -0.25) is 0 Å². The Balaban J connectivity index is 3.03. The molecule has 0 bridgehead atoms. The molecule has 0 saturated heterocycles. The molecule has 1 heterocycles. The molecule has 0 aliphatic carbocycles. The highest BCUT2D eigenvalue weighted by atomic mass is 35.5. The minimum absolute atomic E-state index is 0.475. The van der Waals surface area contributed by atoms with E-state index in [1.54, 1.807) is 13.1 Å². The van der Waals surface area contributed by atoms with E-state index in [1.807, 2.05) is 0 Å². The van der Waals surface area contributed by atoms with Gasteiger partial charge >= 0.3 is 0 Å². The predicted octanol–water partition coefficient (Wildman–Crippen LogP) is 2.30. The van der Waals surface area contributed by atoms with E-state index in [4.69, 9.17) is 23.2 Å². The maximum atomic E-state index is 11.1. The molecule has 0 aromatic carbocycles. The Kier molecular flexibility index (Phi) is 3.33. The molecule has 0 aliphatic rings. The molecule has 0 amide bonds. The molecule has 1 aromatic rings. The molecule has 0 fully saturated rings. The Morgan fingerprint density at radius 2 is 2.27 bits per heavy atom. The Bertz CT molecular complexity index is 286. The number of nitrogens with one attached hydrogen (secondary N) is 1. The zero-order valence-electron chi connectivity index (χ0n) is 5.56. The average molecular weight is 230 g/mol. The number of thiophene rings is 1. The van der Waals surface area contributed by atoms with E-state index in [0.717, 1.165) is 0 Å². The zero-order chi connectivity index (χ0) is 8.43. The van der Waals surface area contributed by atoms with Crippen LogP contribution in [0.25, 0.3) is 0 Å². The van der Waals surface area contributed by atoms with Gasteiger partial charge in [-0.2, -0.15) is 0 Å². The first-order valence-corrected chi connectivity index (χ1v) is 5.41. The molecule has 1 N–H and O–H groups in total. The van der Waals surface area contributed by atoms with Crippen LogP contribution in [0.4, 0.5) is 0 Å². The summed E-state index contributed by atoms with van der Waals surface area (Å²) in [6.07, 6.45) is 0. The molecule has 62 valence electrons. The van der Waals surface area contributed by atoms with Crippen molar-refractivity contribution in [1.82, 2.24) is 4.72 Å². The van der Waals surface area contributed by atoms with Gasteiger partial charge in [-0.1, -0.05) is 23.2 Å². The molecule has 1 rings (SSSR count). The summed E-state index contributed by atoms with van der Waals surface area (Å²) in [7, 11) is 0.358. The summed E-state index contributed by atoms with van der Waals surface area (Å²) in [5, 5.41) is 0. The van der Waals surface area contributed by atoms with Gasteiger partial charge < -0.3 is 0 Å². The maximum Gasteiger partial charge on any atom is 0.127 e. The fourth-order valence-corrected chi connectivity index (χ4v) is 3.12. The summed E-state index contributed by atoms with van der Waals surface area (Å²) >= 11 is 12.6. The second-order valence-corrected chi connectivity index (χ2v) is 5.33. The van der Waals surface area contributed by atoms with Crippen LogP contribution in [0.1, 0.15) is 0 Å². The van der Waals surface area contributed by atoms with Gasteiger partial charge in [0.15, 0.2) is 0 Å². The minimum Gasteiger partial charge on any atom is -0.237 e. The first-order chi connectivity index (χ1) is 5.15. The Hall–Kier alpha value is 0.390. The van der Waals surface area contributed by atoms with Crippen LogP contribution in [0.5, 0.6) is 0 Å². The third-order valence-electron chi connectivity index (χ3n) is 1.01. The minimum atomic E-state index is -1.24. The van der Waals surface area contributed by atoms with Gasteiger partial charge in [0.2, 0.25) is 0 Å². The number of hydrogen-bond donors (Lipinski definition) is 1. The Morgan fingerprint density at radius 3 is 2.64 bits per heavy atom. The zero-order valence-corrected chi connectivity index (χ0v) is 8.70. The van der Waals surface area contributed by atoms with Crippen molar-refractivity contribution in [3.63, 3.8) is 0 Å². The quantitative estimate of drug-likeness (QED) is 0.829. The summed E-state index contributed by atoms with van der Waals surface area (Å²) < 4.78 is 14.7. The molecule has 11 heavy (non-hydrogen) atoms. The molecule has 1 unspecified atom stereocenters. The van der Waals surface area contributed by atoms with Crippen LogP contribution in [-0.4, -0.2) is 11.3 Å². The second kappa shape index (κ2) is 3.87. The molecule has 0 aliphatic heterocycles. The monoisotopic (exact) mass is 229 g/mol. The van der Waals surface area contributed by atoms with Crippen molar-refractivity contribution in [2.75, 3.05) is 7.05 Å². The van der Waals surface area contributed by atoms with E-state index in [0.29, 0.717) is 13.6 Å². The highest BCUT2D eigenvalue weighted by Crippen LogP contribution is 2.32. The van der Waals surface area contributed by atoms with Crippen molar-refractivity contribution in [3.8, 4) is 0 Å². The van der Waals surface area contributed by atoms with E-state index in [2.05, 4.69) is 4.72 Å². The molecule has 0 spiro atoms. The number of rotatable bonds is 2. The molecule has 0 radical (unpaired) electrons. The van der Waals surface area contributed by atoms with Crippen molar-refractivity contribution in [2.24, 2.45) is 0 Å². The van der Waals surface area contributed by atoms with Crippen LogP contribution < -0.4 is 4.72 Å². The van der Waals surface area contributed by atoms with Gasteiger partial charge in [-0.05, 0) is 13.1 Å². The summed E-state index contributed by atoms with van der Waals surface area (Å²) in [6, 6.07) is 1.60. The third-order valence-corrected chi connectivity index (χ3v) is 3.83. The summed E-state index contributed by atoms with van der Waals surface area (Å²) in [6.45, 7) is 0. The first kappa shape index (κ1) is 9.48. The molecule has 0 saturated carbocycles. The summed E-state index contributed by atoms with van der Waals surface area (Å²) in [5.74, 6) is 0. The van der Waals surface area contributed by atoms with Crippen molar-refractivity contribution >= 4 is 45.5 Å². The van der Waals surface area contributed by atoms with E-state index in [-0.39, 0.29) is 0 Å². The lowest BCUT2D eigenvalue weighted by atomic mass is 10.7. The van der Waals surface area contributed by atoms with E-state index in [1.165, 1.54) is 11.3 Å². The van der Waals surface area contributed by atoms with E-state index < -0.39 is 11.0 Å². The molecular weight excluding hydrogens is 225 g/mol. The largest absolute Gasteiger partial charge is 0.237 e. The molecule has 1 aromatic heterocycles. The van der Waals surface area contributed by atoms with Crippen LogP contribution in [0.2, 0.25) is 8.67 Å². The Morgan fingerprint density at radius 1 is 1.64 bits per heavy atom. The number of halogens is 2. The SMILES string of the molecule is CNS(=O)c1cc(Cl)sc1Cl. The second-order valence-electron chi connectivity index (χ2n) is 1.66. The van der Waals surface area contributed by atoms with Crippen molar-refractivity contribution in [3.05, 3.63) is 14.7 Å². The lowest BCUT2D eigenvalue weighted by Crippen LogP contribution is -2.09. The topological polar surface area (TPSA) is 29.1 Å². The van der Waals surface area contributed by atoms with Crippen LogP contribution in [0, 0.1) is 0 Å². The normalized spacial score (nSPS) is 13.4. The fraction of sp³-hybridized carbons (Fsp3) is 0.200. The van der Waals surface area contributed by atoms with Crippen LogP contribution in [-0.2, 0) is 11.0 Å². The lowest BCUT2D eigenvalue weighted by molar-refractivity contribution is 0.678. The first-order valence-electron chi connectivity index (χ1n) is 2.69. The molecule has 1 atom stereocenters. The molecule has 2 nitrogen and oxygen atoms in total.